The van der Waals surface area contributed by atoms with Gasteiger partial charge in [0.2, 0.25) is 5.89 Å². The first-order chi connectivity index (χ1) is 10.3. The summed E-state index contributed by atoms with van der Waals surface area (Å²) in [6.45, 7) is 0.977. The van der Waals surface area contributed by atoms with Gasteiger partial charge in [-0.25, -0.2) is 9.59 Å². The number of hydrogen-bond donors (Lipinski definition) is 6. The van der Waals surface area contributed by atoms with Gasteiger partial charge in [0.25, 0.3) is 0 Å². The molecule has 0 aliphatic rings. The number of aromatic nitrogens is 2. The molecule has 0 aliphatic heterocycles. The zero-order valence-electron chi connectivity index (χ0n) is 11.9. The van der Waals surface area contributed by atoms with Crippen molar-refractivity contribution in [3.05, 3.63) is 11.7 Å². The molecule has 0 saturated carbocycles. The molecule has 0 radical (unpaired) electrons. The van der Waals surface area contributed by atoms with Gasteiger partial charge in [-0.1, -0.05) is 5.16 Å². The van der Waals surface area contributed by atoms with Gasteiger partial charge in [0, 0.05) is 6.61 Å². The van der Waals surface area contributed by atoms with E-state index in [1.807, 2.05) is 0 Å². The first-order valence-corrected chi connectivity index (χ1v) is 6.49. The largest absolute Gasteiger partial charge is 0.480 e. The molecular formula is C11H19N5O6. The summed E-state index contributed by atoms with van der Waals surface area (Å²) in [6, 6.07) is -2.83. The van der Waals surface area contributed by atoms with Crippen molar-refractivity contribution in [3.8, 4) is 0 Å². The third-order valence-electron chi connectivity index (χ3n) is 2.69. The van der Waals surface area contributed by atoms with Crippen LogP contribution in [0.3, 0.4) is 0 Å². The predicted molar refractivity (Wildman–Crippen MR) is 71.4 cm³/mol. The molecule has 0 spiro atoms. The molecule has 1 heterocycles. The molecule has 11 heteroatoms. The summed E-state index contributed by atoms with van der Waals surface area (Å²) in [5.74, 6) is -1.10. The lowest BCUT2D eigenvalue weighted by Gasteiger charge is -2.16. The van der Waals surface area contributed by atoms with Crippen LogP contribution in [0, 0.1) is 0 Å². The van der Waals surface area contributed by atoms with Gasteiger partial charge < -0.3 is 36.2 Å². The molecule has 3 atom stereocenters. The topological polar surface area (TPSA) is 184 Å². The number of carboxylic acids is 1. The van der Waals surface area contributed by atoms with E-state index in [4.69, 9.17) is 20.5 Å². The number of nitrogens with one attached hydrogen (secondary N) is 2. The van der Waals surface area contributed by atoms with Crippen LogP contribution >= 0.6 is 0 Å². The Hall–Kier alpha value is -2.24. The van der Waals surface area contributed by atoms with Crippen LogP contribution in [0.15, 0.2) is 4.52 Å². The van der Waals surface area contributed by atoms with Crippen LogP contribution in [0.1, 0.15) is 31.1 Å². The average molecular weight is 317 g/mol. The van der Waals surface area contributed by atoms with E-state index < -0.39 is 30.2 Å². The summed E-state index contributed by atoms with van der Waals surface area (Å²) >= 11 is 0. The Morgan fingerprint density at radius 1 is 1.45 bits per heavy atom. The maximum atomic E-state index is 11.5. The fraction of sp³-hybridized carbons (Fsp3) is 0.636. The predicted octanol–water partition coefficient (Wildman–Crippen LogP) is -1.91. The second kappa shape index (κ2) is 8.26. The number of aliphatic carboxylic acids is 1. The van der Waals surface area contributed by atoms with Crippen molar-refractivity contribution in [2.75, 3.05) is 6.61 Å². The highest BCUT2D eigenvalue weighted by atomic mass is 16.5. The standard InChI is InChI=1S/C11H19N5O6/c1-5(18)8(10(19)20)15-11(21)13-4-7-14-9(16-22-7)6(12)2-3-17/h5-6,8,17-18H,2-4,12H2,1H3,(H,19,20)(H2,13,15,21)/t5-,6+,8+/m1/s1. The van der Waals surface area contributed by atoms with Gasteiger partial charge in [-0.05, 0) is 13.3 Å². The number of rotatable bonds is 8. The van der Waals surface area contributed by atoms with Crippen molar-refractivity contribution in [3.63, 3.8) is 0 Å². The Labute approximate surface area is 125 Å². The van der Waals surface area contributed by atoms with E-state index in [-0.39, 0.29) is 31.3 Å². The van der Waals surface area contributed by atoms with E-state index in [0.29, 0.717) is 0 Å². The molecule has 0 aliphatic carbocycles. The van der Waals surface area contributed by atoms with Gasteiger partial charge in [0.15, 0.2) is 11.9 Å². The van der Waals surface area contributed by atoms with Gasteiger partial charge in [-0.15, -0.1) is 0 Å². The number of nitrogens with zero attached hydrogens (tertiary/aromatic N) is 2. The third-order valence-corrected chi connectivity index (χ3v) is 2.69. The first kappa shape index (κ1) is 17.8. The fourth-order valence-corrected chi connectivity index (χ4v) is 1.50. The van der Waals surface area contributed by atoms with Crippen LogP contribution in [0.2, 0.25) is 0 Å². The monoisotopic (exact) mass is 317 g/mol. The molecule has 11 nitrogen and oxygen atoms in total. The fourth-order valence-electron chi connectivity index (χ4n) is 1.50. The molecular weight excluding hydrogens is 298 g/mol. The maximum absolute atomic E-state index is 11.5. The summed E-state index contributed by atoms with van der Waals surface area (Å²) in [6.07, 6.45) is -0.989. The molecule has 0 unspecified atom stereocenters. The van der Waals surface area contributed by atoms with Gasteiger partial charge in [0.1, 0.15) is 0 Å². The molecule has 7 N–H and O–H groups in total. The van der Waals surface area contributed by atoms with Gasteiger partial charge in [-0.2, -0.15) is 4.98 Å². The smallest absolute Gasteiger partial charge is 0.328 e. The van der Waals surface area contributed by atoms with Crippen LogP contribution in [-0.4, -0.2) is 56.2 Å². The Bertz CT molecular complexity index is 505. The molecule has 1 aromatic heterocycles. The number of urea groups is 1. The average Bonchev–Trinajstić information content (AvgIpc) is 2.91. The lowest BCUT2D eigenvalue weighted by Crippen LogP contribution is -2.51. The third kappa shape index (κ3) is 5.27. The molecule has 0 fully saturated rings. The highest BCUT2D eigenvalue weighted by Crippen LogP contribution is 2.09. The van der Waals surface area contributed by atoms with Crippen LogP contribution < -0.4 is 16.4 Å². The van der Waals surface area contributed by atoms with E-state index in [1.54, 1.807) is 0 Å². The molecule has 0 saturated heterocycles. The Morgan fingerprint density at radius 2 is 2.14 bits per heavy atom. The van der Waals surface area contributed by atoms with Crippen molar-refractivity contribution >= 4 is 12.0 Å². The number of carbonyl (C=O) groups is 2. The maximum Gasteiger partial charge on any atom is 0.328 e. The van der Waals surface area contributed by atoms with Crippen molar-refractivity contribution < 1.29 is 29.4 Å². The number of aliphatic hydroxyl groups is 2. The quantitative estimate of drug-likeness (QED) is 0.318. The molecule has 1 aromatic rings. The molecule has 22 heavy (non-hydrogen) atoms. The normalized spacial score (nSPS) is 14.9. The molecule has 2 amide bonds. The van der Waals surface area contributed by atoms with Crippen molar-refractivity contribution in [2.45, 2.75) is 38.1 Å². The minimum absolute atomic E-state index is 0.0717. The lowest BCUT2D eigenvalue weighted by molar-refractivity contribution is -0.141. The van der Waals surface area contributed by atoms with Crippen LogP contribution in [0.4, 0.5) is 4.79 Å². The second-order valence-corrected chi connectivity index (χ2v) is 4.55. The zero-order valence-corrected chi connectivity index (χ0v) is 11.9. The zero-order chi connectivity index (χ0) is 16.7. The first-order valence-electron chi connectivity index (χ1n) is 6.49. The highest BCUT2D eigenvalue weighted by molar-refractivity contribution is 5.82. The summed E-state index contributed by atoms with van der Waals surface area (Å²) in [5.41, 5.74) is 5.67. The van der Waals surface area contributed by atoms with Crippen molar-refractivity contribution in [1.29, 1.82) is 0 Å². The van der Waals surface area contributed by atoms with E-state index in [9.17, 15) is 14.7 Å². The number of carbonyl (C=O) groups excluding carboxylic acids is 1. The number of amides is 2. The van der Waals surface area contributed by atoms with Crippen molar-refractivity contribution in [1.82, 2.24) is 20.8 Å². The lowest BCUT2D eigenvalue weighted by atomic mass is 10.2. The van der Waals surface area contributed by atoms with E-state index in [2.05, 4.69) is 20.8 Å². The van der Waals surface area contributed by atoms with Crippen LogP contribution in [0.25, 0.3) is 0 Å². The Kier molecular flexibility index (Phi) is 6.69. The van der Waals surface area contributed by atoms with Crippen LogP contribution in [0.5, 0.6) is 0 Å². The summed E-state index contributed by atoms with van der Waals surface area (Å²) in [7, 11) is 0. The number of hydrogen-bond acceptors (Lipinski definition) is 8. The molecule has 0 bridgehead atoms. The Morgan fingerprint density at radius 3 is 2.68 bits per heavy atom. The minimum atomic E-state index is -1.43. The number of aliphatic hydroxyl groups excluding tert-OH is 2. The van der Waals surface area contributed by atoms with Gasteiger partial charge in [-0.3, -0.25) is 0 Å². The van der Waals surface area contributed by atoms with E-state index >= 15 is 0 Å². The number of nitrogens with two attached hydrogens (primary N) is 1. The molecule has 1 rings (SSSR count). The second-order valence-electron chi connectivity index (χ2n) is 4.55. The SMILES string of the molecule is C[C@@H](O)[C@H](NC(=O)NCc1nc([C@@H](N)CCO)no1)C(=O)O. The Balaban J connectivity index is 2.49. The molecule has 0 aromatic carbocycles. The van der Waals surface area contributed by atoms with E-state index in [0.717, 1.165) is 0 Å². The highest BCUT2D eigenvalue weighted by Gasteiger charge is 2.25. The van der Waals surface area contributed by atoms with Crippen LogP contribution in [-0.2, 0) is 11.3 Å². The van der Waals surface area contributed by atoms with Gasteiger partial charge in [0.05, 0.1) is 18.7 Å². The number of carboxylic acid groups (broad SMARTS) is 1. The molecule has 124 valence electrons. The minimum Gasteiger partial charge on any atom is -0.480 e. The van der Waals surface area contributed by atoms with Crippen molar-refractivity contribution in [2.24, 2.45) is 5.73 Å². The summed E-state index contributed by atoms with van der Waals surface area (Å²) in [4.78, 5) is 26.3. The summed E-state index contributed by atoms with van der Waals surface area (Å²) in [5, 5.41) is 34.8. The summed E-state index contributed by atoms with van der Waals surface area (Å²) < 4.78 is 4.85. The van der Waals surface area contributed by atoms with Gasteiger partial charge >= 0.3 is 12.0 Å². The van der Waals surface area contributed by atoms with E-state index in [1.165, 1.54) is 6.92 Å².